The van der Waals surface area contributed by atoms with E-state index in [0.717, 1.165) is 48.8 Å². The van der Waals surface area contributed by atoms with Crippen molar-refractivity contribution in [3.8, 4) is 0 Å². The first-order valence-corrected chi connectivity index (χ1v) is 17.5. The number of piperazine rings is 1. The normalized spacial score (nSPS) is 35.1. The number of aryl methyl sites for hydroxylation is 1. The summed E-state index contributed by atoms with van der Waals surface area (Å²) in [6, 6.07) is 15.7. The number of halogens is 1. The molecule has 250 valence electrons. The van der Waals surface area contributed by atoms with Crippen LogP contribution < -0.4 is 5.32 Å². The van der Waals surface area contributed by atoms with E-state index in [1.807, 2.05) is 12.1 Å². The third-order valence-electron chi connectivity index (χ3n) is 13.7. The highest BCUT2D eigenvalue weighted by atomic mass is 19.1. The Labute approximate surface area is 281 Å². The fraction of sp³-hybridized carbons (Fsp3) is 0.512. The van der Waals surface area contributed by atoms with Gasteiger partial charge in [0.15, 0.2) is 0 Å². The lowest BCUT2D eigenvalue weighted by molar-refractivity contribution is -0.268. The third kappa shape index (κ3) is 4.84. The van der Waals surface area contributed by atoms with E-state index in [-0.39, 0.29) is 29.2 Å². The Morgan fingerprint density at radius 3 is 2.19 bits per heavy atom. The van der Waals surface area contributed by atoms with Crippen molar-refractivity contribution in [1.82, 2.24) is 20.0 Å². The van der Waals surface area contributed by atoms with Crippen molar-refractivity contribution in [2.45, 2.75) is 65.1 Å². The highest BCUT2D eigenvalue weighted by molar-refractivity contribution is 5.46. The highest BCUT2D eigenvalue weighted by Gasteiger charge is 2.82. The molecular weight excluding hydrogens is 583 g/mol. The SMILES string of the molecule is C=C(NCC(=C)N1CCN(C(c2ccc(C)cc2)c2ccc(F)cc2)CC1)[C@@H]1CC(O)CN1C(=C)C1C(=C)[C@@]2(C)CC3(C)CC1C32C. The first-order valence-electron chi connectivity index (χ1n) is 17.5. The highest BCUT2D eigenvalue weighted by Crippen LogP contribution is 2.89. The van der Waals surface area contributed by atoms with Crippen molar-refractivity contribution in [3.63, 3.8) is 0 Å². The maximum atomic E-state index is 13.8. The molecule has 0 spiro atoms. The van der Waals surface area contributed by atoms with Gasteiger partial charge < -0.3 is 20.2 Å². The monoisotopic (exact) mass is 636 g/mol. The molecule has 8 atom stereocenters. The van der Waals surface area contributed by atoms with E-state index < -0.39 is 6.10 Å². The summed E-state index contributed by atoms with van der Waals surface area (Å²) in [6.07, 6.45) is 2.71. The number of hydrogen-bond donors (Lipinski definition) is 2. The van der Waals surface area contributed by atoms with Gasteiger partial charge in [-0.2, -0.15) is 0 Å². The number of likely N-dealkylation sites (tertiary alicyclic amines) is 1. The molecule has 5 aliphatic rings. The van der Waals surface area contributed by atoms with Crippen molar-refractivity contribution in [1.29, 1.82) is 0 Å². The second kappa shape index (κ2) is 11.4. The Hall–Kier alpha value is -3.35. The summed E-state index contributed by atoms with van der Waals surface area (Å²) in [7, 11) is 0. The molecule has 3 aliphatic carbocycles. The van der Waals surface area contributed by atoms with Crippen LogP contribution in [0.15, 0.2) is 97.5 Å². The number of nitrogens with one attached hydrogen (secondary N) is 1. The second-order valence-electron chi connectivity index (χ2n) is 16.0. The van der Waals surface area contributed by atoms with Crippen LogP contribution in [0.2, 0.25) is 0 Å². The zero-order chi connectivity index (χ0) is 33.5. The van der Waals surface area contributed by atoms with Gasteiger partial charge in [-0.15, -0.1) is 0 Å². The summed E-state index contributed by atoms with van der Waals surface area (Å²) >= 11 is 0. The minimum atomic E-state index is -0.404. The van der Waals surface area contributed by atoms with Crippen LogP contribution in [0.25, 0.3) is 0 Å². The number of nitrogens with zero attached hydrogens (tertiary/aromatic N) is 3. The first-order chi connectivity index (χ1) is 22.3. The Morgan fingerprint density at radius 1 is 0.979 bits per heavy atom. The molecule has 5 nitrogen and oxygen atoms in total. The van der Waals surface area contributed by atoms with E-state index in [9.17, 15) is 9.50 Å². The molecule has 0 radical (unpaired) electrons. The number of benzene rings is 2. The molecule has 2 saturated heterocycles. The van der Waals surface area contributed by atoms with Gasteiger partial charge in [-0.1, -0.05) is 94.6 Å². The van der Waals surface area contributed by atoms with Crippen LogP contribution in [0.1, 0.15) is 62.8 Å². The molecule has 3 saturated carbocycles. The van der Waals surface area contributed by atoms with Gasteiger partial charge >= 0.3 is 0 Å². The number of aliphatic hydroxyl groups is 1. The smallest absolute Gasteiger partial charge is 0.123 e. The molecule has 2 heterocycles. The van der Waals surface area contributed by atoms with E-state index in [0.29, 0.717) is 36.3 Å². The topological polar surface area (TPSA) is 42.0 Å². The Morgan fingerprint density at radius 2 is 1.60 bits per heavy atom. The number of hydrogen-bond acceptors (Lipinski definition) is 5. The average Bonchev–Trinajstić information content (AvgIpc) is 3.46. The third-order valence-corrected chi connectivity index (χ3v) is 13.7. The Balaban J connectivity index is 0.965. The van der Waals surface area contributed by atoms with Gasteiger partial charge in [0.05, 0.1) is 24.7 Å². The summed E-state index contributed by atoms with van der Waals surface area (Å²) in [5.74, 6) is 0.640. The first kappa shape index (κ1) is 32.2. The van der Waals surface area contributed by atoms with Crippen LogP contribution >= 0.6 is 0 Å². The van der Waals surface area contributed by atoms with E-state index in [4.69, 9.17) is 0 Å². The van der Waals surface area contributed by atoms with Gasteiger partial charge in [0, 0.05) is 62.2 Å². The predicted octanol–water partition coefficient (Wildman–Crippen LogP) is 7.04. The molecule has 2 N–H and O–H groups in total. The molecule has 6 unspecified atom stereocenters. The molecule has 7 rings (SSSR count). The van der Waals surface area contributed by atoms with Gasteiger partial charge in [-0.05, 0) is 65.2 Å². The molecule has 0 amide bonds. The van der Waals surface area contributed by atoms with Crippen LogP contribution in [0, 0.1) is 40.8 Å². The lowest BCUT2D eigenvalue weighted by Gasteiger charge is -2.76. The standard InChI is InChI=1S/C41H53FN4O/c1-26-9-11-31(12-10-26)38(32-13-15-33(42)16-14-32)45-19-17-44(18-20-45)27(2)23-43-29(4)36-21-34(47)24-46(36)30(5)37-28(3)40(7)25-39(6)22-35(37)41(39,40)8/h9-16,34-38,43,47H,2-5,17-25H2,1,6-8H3/t34?,35?,36-,37?,38?,39?,40+,41?/m0/s1. The fourth-order valence-electron chi connectivity index (χ4n) is 10.7. The van der Waals surface area contributed by atoms with Crippen molar-refractivity contribution in [3.05, 3.63) is 120 Å². The average molecular weight is 637 g/mol. The number of rotatable bonds is 10. The van der Waals surface area contributed by atoms with E-state index in [2.05, 4.69) is 98.3 Å². The maximum absolute atomic E-state index is 13.8. The van der Waals surface area contributed by atoms with Crippen molar-refractivity contribution < 1.29 is 9.50 Å². The Bertz CT molecular complexity index is 1550. The molecule has 5 fully saturated rings. The summed E-state index contributed by atoms with van der Waals surface area (Å²) < 4.78 is 13.8. The molecule has 6 heteroatoms. The van der Waals surface area contributed by atoms with Gasteiger partial charge in [0.2, 0.25) is 0 Å². The van der Waals surface area contributed by atoms with Crippen LogP contribution in [0.4, 0.5) is 4.39 Å². The fourth-order valence-corrected chi connectivity index (χ4v) is 10.7. The molecular formula is C41H53FN4O. The summed E-state index contributed by atoms with van der Waals surface area (Å²) in [4.78, 5) is 7.18. The molecule has 0 aromatic heterocycles. The van der Waals surface area contributed by atoms with Crippen molar-refractivity contribution in [2.75, 3.05) is 39.3 Å². The minimum absolute atomic E-state index is 0.00810. The lowest BCUT2D eigenvalue weighted by Crippen LogP contribution is -2.69. The van der Waals surface area contributed by atoms with Crippen molar-refractivity contribution >= 4 is 0 Å². The summed E-state index contributed by atoms with van der Waals surface area (Å²) in [6.45, 7) is 32.4. The second-order valence-corrected chi connectivity index (χ2v) is 16.0. The van der Waals surface area contributed by atoms with Gasteiger partial charge in [-0.3, -0.25) is 4.90 Å². The van der Waals surface area contributed by atoms with Crippen LogP contribution in [-0.2, 0) is 0 Å². The number of β-amino-alcohol motifs (C(OH)–C–C–N with tert-alkyl or cyclic N) is 1. The molecule has 2 aromatic rings. The molecule has 2 aliphatic heterocycles. The van der Waals surface area contributed by atoms with Crippen molar-refractivity contribution in [2.24, 2.45) is 28.1 Å². The van der Waals surface area contributed by atoms with E-state index in [1.54, 1.807) is 12.1 Å². The van der Waals surface area contributed by atoms with Gasteiger partial charge in [0.1, 0.15) is 5.82 Å². The number of allylic oxidation sites excluding steroid dienone is 1. The van der Waals surface area contributed by atoms with Crippen LogP contribution in [0.3, 0.4) is 0 Å². The quantitative estimate of drug-likeness (QED) is 0.274. The summed E-state index contributed by atoms with van der Waals surface area (Å²) in [5.41, 5.74) is 8.88. The molecule has 0 bridgehead atoms. The van der Waals surface area contributed by atoms with Gasteiger partial charge in [0.25, 0.3) is 0 Å². The van der Waals surface area contributed by atoms with Gasteiger partial charge in [-0.25, -0.2) is 4.39 Å². The minimum Gasteiger partial charge on any atom is -0.391 e. The van der Waals surface area contributed by atoms with Crippen LogP contribution in [0.5, 0.6) is 0 Å². The Kier molecular flexibility index (Phi) is 7.80. The summed E-state index contributed by atoms with van der Waals surface area (Å²) in [5, 5.41) is 14.4. The van der Waals surface area contributed by atoms with E-state index in [1.165, 1.54) is 29.5 Å². The molecule has 2 aromatic carbocycles. The maximum Gasteiger partial charge on any atom is 0.123 e. The predicted molar refractivity (Wildman–Crippen MR) is 189 cm³/mol. The lowest BCUT2D eigenvalue weighted by atomic mass is 9.28. The number of aliphatic hydroxyl groups excluding tert-OH is 1. The largest absolute Gasteiger partial charge is 0.391 e. The molecule has 47 heavy (non-hydrogen) atoms. The van der Waals surface area contributed by atoms with Crippen LogP contribution in [-0.4, -0.2) is 71.2 Å². The zero-order valence-electron chi connectivity index (χ0n) is 28.9. The zero-order valence-corrected chi connectivity index (χ0v) is 28.9. The van der Waals surface area contributed by atoms with E-state index >= 15 is 0 Å².